The van der Waals surface area contributed by atoms with Crippen LogP contribution in [0.1, 0.15) is 55.3 Å². The number of carbonyl (C=O) groups excluding carboxylic acids is 1. The van der Waals surface area contributed by atoms with Gasteiger partial charge in [0.05, 0.1) is 11.6 Å². The minimum atomic E-state index is -0.382. The molecule has 2 heterocycles. The molecular weight excluding hydrogens is 424 g/mol. The third-order valence-electron chi connectivity index (χ3n) is 5.94. The van der Waals surface area contributed by atoms with Crippen molar-refractivity contribution in [3.63, 3.8) is 0 Å². The van der Waals surface area contributed by atoms with Gasteiger partial charge in [-0.2, -0.15) is 4.98 Å². The van der Waals surface area contributed by atoms with Crippen molar-refractivity contribution in [3.05, 3.63) is 75.8 Å². The average Bonchev–Trinajstić information content (AvgIpc) is 3.25. The van der Waals surface area contributed by atoms with E-state index in [2.05, 4.69) is 48.4 Å². The number of aryl methyl sites for hydroxylation is 2. The van der Waals surface area contributed by atoms with Crippen LogP contribution in [0.4, 0.5) is 4.79 Å². The van der Waals surface area contributed by atoms with E-state index < -0.39 is 0 Å². The number of rotatable bonds is 6. The zero-order chi connectivity index (χ0) is 22.8. The Morgan fingerprint density at radius 3 is 2.66 bits per heavy atom. The number of hydrogen-bond donors (Lipinski definition) is 1. The summed E-state index contributed by atoms with van der Waals surface area (Å²) in [5.41, 5.74) is 5.75. The summed E-state index contributed by atoms with van der Waals surface area (Å²) in [7, 11) is 0. The Kier molecular flexibility index (Phi) is 6.33. The van der Waals surface area contributed by atoms with Crippen LogP contribution in [0.5, 0.6) is 0 Å². The van der Waals surface area contributed by atoms with Gasteiger partial charge in [-0.15, -0.1) is 0 Å². The van der Waals surface area contributed by atoms with E-state index in [-0.39, 0.29) is 12.1 Å². The normalized spacial score (nSPS) is 16.5. The summed E-state index contributed by atoms with van der Waals surface area (Å²) < 4.78 is 5.72. The Balaban J connectivity index is 1.82. The molecule has 0 spiro atoms. The van der Waals surface area contributed by atoms with Crippen molar-refractivity contribution in [3.8, 4) is 11.4 Å². The van der Waals surface area contributed by atoms with Crippen molar-refractivity contribution in [2.75, 3.05) is 6.54 Å². The Morgan fingerprint density at radius 1 is 1.12 bits per heavy atom. The number of benzene rings is 2. The lowest BCUT2D eigenvalue weighted by atomic mass is 9.92. The van der Waals surface area contributed by atoms with Gasteiger partial charge in [0.15, 0.2) is 0 Å². The summed E-state index contributed by atoms with van der Waals surface area (Å²) in [4.78, 5) is 19.4. The van der Waals surface area contributed by atoms with Crippen molar-refractivity contribution >= 4 is 23.2 Å². The van der Waals surface area contributed by atoms with Crippen molar-refractivity contribution in [1.82, 2.24) is 20.4 Å². The van der Waals surface area contributed by atoms with Gasteiger partial charge in [-0.1, -0.05) is 60.4 Å². The maximum Gasteiger partial charge on any atom is 0.322 e. The zero-order valence-corrected chi connectivity index (χ0v) is 19.5. The molecular formula is C25H27ClN4O2. The van der Waals surface area contributed by atoms with Gasteiger partial charge in [0.2, 0.25) is 5.82 Å². The van der Waals surface area contributed by atoms with Gasteiger partial charge in [-0.3, -0.25) is 4.90 Å². The molecule has 0 aliphatic carbocycles. The van der Waals surface area contributed by atoms with Crippen LogP contribution in [0.2, 0.25) is 5.02 Å². The number of allylic oxidation sites excluding steroid dienone is 1. The fourth-order valence-electron chi connectivity index (χ4n) is 3.92. The van der Waals surface area contributed by atoms with Crippen LogP contribution in [-0.2, 0) is 0 Å². The molecule has 1 aromatic heterocycles. The Bertz CT molecular complexity index is 1180. The van der Waals surface area contributed by atoms with Gasteiger partial charge >= 0.3 is 6.03 Å². The Labute approximate surface area is 193 Å². The highest BCUT2D eigenvalue weighted by Crippen LogP contribution is 2.38. The molecule has 7 heteroatoms. The van der Waals surface area contributed by atoms with E-state index >= 15 is 0 Å². The number of halogens is 1. The van der Waals surface area contributed by atoms with Gasteiger partial charge in [0, 0.05) is 22.8 Å². The highest BCUT2D eigenvalue weighted by Gasteiger charge is 2.35. The second kappa shape index (κ2) is 9.17. The average molecular weight is 451 g/mol. The molecule has 1 N–H and O–H groups in total. The minimum Gasteiger partial charge on any atom is -0.334 e. The maximum absolute atomic E-state index is 13.0. The second-order valence-electron chi connectivity index (χ2n) is 8.16. The van der Waals surface area contributed by atoms with E-state index in [0.717, 1.165) is 40.8 Å². The first kappa shape index (κ1) is 22.1. The number of nitrogens with zero attached hydrogens (tertiary/aromatic N) is 3. The second-order valence-corrected chi connectivity index (χ2v) is 8.60. The Morgan fingerprint density at radius 2 is 1.94 bits per heavy atom. The number of nitrogens with one attached hydrogen (secondary N) is 1. The van der Waals surface area contributed by atoms with Gasteiger partial charge in [0.1, 0.15) is 0 Å². The van der Waals surface area contributed by atoms with E-state index in [1.165, 1.54) is 5.56 Å². The quantitative estimate of drug-likeness (QED) is 0.478. The van der Waals surface area contributed by atoms with Gasteiger partial charge in [0.25, 0.3) is 5.89 Å². The number of hydrogen-bond acceptors (Lipinski definition) is 4. The summed E-state index contributed by atoms with van der Waals surface area (Å²) in [6, 6.07) is 13.1. The highest BCUT2D eigenvalue weighted by molar-refractivity contribution is 6.30. The molecule has 0 bridgehead atoms. The predicted octanol–water partition coefficient (Wildman–Crippen LogP) is 6.30. The fraction of sp³-hybridized carbons (Fsp3) is 0.320. The molecule has 0 saturated carbocycles. The van der Waals surface area contributed by atoms with Crippen LogP contribution < -0.4 is 5.32 Å². The molecule has 1 aliphatic heterocycles. The molecule has 0 radical (unpaired) electrons. The largest absolute Gasteiger partial charge is 0.334 e. The van der Waals surface area contributed by atoms with Crippen molar-refractivity contribution in [2.45, 2.75) is 46.6 Å². The number of unbranched alkanes of at least 4 members (excludes halogenated alkanes) is 1. The lowest BCUT2D eigenvalue weighted by Gasteiger charge is -2.35. The summed E-state index contributed by atoms with van der Waals surface area (Å²) in [5.74, 6) is 0.848. The van der Waals surface area contributed by atoms with Crippen molar-refractivity contribution in [1.29, 1.82) is 0 Å². The van der Waals surface area contributed by atoms with Crippen molar-refractivity contribution in [2.24, 2.45) is 0 Å². The Hall–Kier alpha value is -3.12. The predicted molar refractivity (Wildman–Crippen MR) is 126 cm³/mol. The topological polar surface area (TPSA) is 71.3 Å². The van der Waals surface area contributed by atoms with Gasteiger partial charge < -0.3 is 9.84 Å². The van der Waals surface area contributed by atoms with Crippen LogP contribution in [-0.4, -0.2) is 27.6 Å². The van der Waals surface area contributed by atoms with Crippen LogP contribution in [0.15, 0.2) is 52.7 Å². The molecule has 3 aromatic rings. The first-order valence-corrected chi connectivity index (χ1v) is 11.2. The molecule has 6 nitrogen and oxygen atoms in total. The first-order chi connectivity index (χ1) is 15.4. The monoisotopic (exact) mass is 450 g/mol. The molecule has 1 unspecified atom stereocenters. The molecule has 2 aromatic carbocycles. The molecule has 1 atom stereocenters. The molecule has 0 fully saturated rings. The summed E-state index contributed by atoms with van der Waals surface area (Å²) in [5, 5.41) is 7.95. The molecule has 32 heavy (non-hydrogen) atoms. The maximum atomic E-state index is 13.0. The number of carbonyl (C=O) groups is 1. The zero-order valence-electron chi connectivity index (χ0n) is 18.8. The minimum absolute atomic E-state index is 0.113. The molecule has 2 amide bonds. The van der Waals surface area contributed by atoms with E-state index in [1.54, 1.807) is 17.0 Å². The summed E-state index contributed by atoms with van der Waals surface area (Å²) in [6.45, 7) is 8.82. The number of amides is 2. The van der Waals surface area contributed by atoms with Crippen LogP contribution >= 0.6 is 11.6 Å². The lowest BCUT2D eigenvalue weighted by molar-refractivity contribution is 0.204. The van der Waals surface area contributed by atoms with E-state index in [1.807, 2.05) is 25.1 Å². The van der Waals surface area contributed by atoms with E-state index in [4.69, 9.17) is 16.1 Å². The number of urea groups is 1. The van der Waals surface area contributed by atoms with E-state index in [9.17, 15) is 4.79 Å². The van der Waals surface area contributed by atoms with E-state index in [0.29, 0.717) is 23.3 Å². The third-order valence-corrected chi connectivity index (χ3v) is 6.17. The van der Waals surface area contributed by atoms with Gasteiger partial charge in [-0.25, -0.2) is 4.79 Å². The van der Waals surface area contributed by atoms with Crippen LogP contribution in [0.3, 0.4) is 0 Å². The van der Waals surface area contributed by atoms with Crippen LogP contribution in [0, 0.1) is 13.8 Å². The van der Waals surface area contributed by atoms with Crippen molar-refractivity contribution < 1.29 is 9.32 Å². The number of aromatic nitrogens is 2. The summed E-state index contributed by atoms with van der Waals surface area (Å²) >= 11 is 6.14. The molecule has 4 rings (SSSR count). The highest BCUT2D eigenvalue weighted by atomic mass is 35.5. The fourth-order valence-corrected chi connectivity index (χ4v) is 4.11. The first-order valence-electron chi connectivity index (χ1n) is 10.8. The third kappa shape index (κ3) is 4.28. The standard InChI is InChI=1S/C25H27ClN4O2/c1-5-6-12-30-17(4)21(22(27-25(30)31)18-11-10-15(2)16(3)13-18)24-28-23(29-32-24)19-8-7-9-20(26)14-19/h7-11,13-14,22H,5-6,12H2,1-4H3,(H,27,31). The molecule has 0 saturated heterocycles. The molecule has 1 aliphatic rings. The molecule has 166 valence electrons. The lowest BCUT2D eigenvalue weighted by Crippen LogP contribution is -2.46. The smallest absolute Gasteiger partial charge is 0.322 e. The van der Waals surface area contributed by atoms with Crippen LogP contribution in [0.25, 0.3) is 17.0 Å². The summed E-state index contributed by atoms with van der Waals surface area (Å²) in [6.07, 6.45) is 1.90. The van der Waals surface area contributed by atoms with Gasteiger partial charge in [-0.05, 0) is 56.0 Å². The SMILES string of the molecule is CCCCN1C(=O)NC(c2ccc(C)c(C)c2)C(c2nc(-c3cccc(Cl)c3)no2)=C1C.